The van der Waals surface area contributed by atoms with Crippen molar-refractivity contribution in [1.29, 1.82) is 0 Å². The third kappa shape index (κ3) is 4.26. The number of hydrogen-bond acceptors (Lipinski definition) is 2. The van der Waals surface area contributed by atoms with Crippen LogP contribution in [0.2, 0.25) is 0 Å². The summed E-state index contributed by atoms with van der Waals surface area (Å²) in [4.78, 5) is 0. The summed E-state index contributed by atoms with van der Waals surface area (Å²) in [5.41, 5.74) is 2.20. The van der Waals surface area contributed by atoms with Gasteiger partial charge in [0, 0.05) is 12.2 Å². The molecule has 0 aliphatic carbocycles. The third-order valence-corrected chi connectivity index (χ3v) is 4.53. The Morgan fingerprint density at radius 2 is 1.12 bits per heavy atom. The predicted octanol–water partition coefficient (Wildman–Crippen LogP) is 1.66. The van der Waals surface area contributed by atoms with Crippen LogP contribution in [-0.4, -0.2) is 31.8 Å². The molecule has 2 atom stereocenters. The van der Waals surface area contributed by atoms with Gasteiger partial charge in [-0.3, -0.25) is 0 Å². The molecular formula is C20H30BNO2. The van der Waals surface area contributed by atoms with E-state index < -0.39 is 6.55 Å². The monoisotopic (exact) mass is 327 g/mol. The van der Waals surface area contributed by atoms with E-state index in [9.17, 15) is 0 Å². The van der Waals surface area contributed by atoms with Crippen molar-refractivity contribution in [3.8, 4) is 0 Å². The number of quaternary nitrogens is 1. The summed E-state index contributed by atoms with van der Waals surface area (Å²) in [6.07, 6.45) is 0.195. The Bertz CT molecular complexity index is 538. The second kappa shape index (κ2) is 9.02. The molecule has 0 saturated carbocycles. The SMILES string of the molecule is CC1O[B-](c2ccccc2)(c2ccccc2)OC1C.CC[NH2+]CC. The van der Waals surface area contributed by atoms with Crippen LogP contribution in [0.25, 0.3) is 0 Å². The highest BCUT2D eigenvalue weighted by molar-refractivity contribution is 6.93. The Morgan fingerprint density at radius 3 is 1.42 bits per heavy atom. The first kappa shape index (κ1) is 18.7. The van der Waals surface area contributed by atoms with Crippen molar-refractivity contribution in [2.45, 2.75) is 39.9 Å². The molecule has 1 saturated heterocycles. The van der Waals surface area contributed by atoms with Gasteiger partial charge in [-0.1, -0.05) is 60.7 Å². The Morgan fingerprint density at radius 1 is 0.750 bits per heavy atom. The summed E-state index contributed by atoms with van der Waals surface area (Å²) >= 11 is 0. The molecule has 2 N–H and O–H groups in total. The molecule has 1 aliphatic heterocycles. The Labute approximate surface area is 146 Å². The van der Waals surface area contributed by atoms with E-state index in [1.54, 1.807) is 0 Å². The lowest BCUT2D eigenvalue weighted by Gasteiger charge is -2.37. The Balaban J connectivity index is 0.000000368. The van der Waals surface area contributed by atoms with E-state index in [0.29, 0.717) is 0 Å². The molecular weight excluding hydrogens is 297 g/mol. The van der Waals surface area contributed by atoms with Gasteiger partial charge in [-0.2, -0.15) is 0 Å². The van der Waals surface area contributed by atoms with Crippen LogP contribution >= 0.6 is 0 Å². The summed E-state index contributed by atoms with van der Waals surface area (Å²) in [7, 11) is 0. The molecule has 4 heteroatoms. The lowest BCUT2D eigenvalue weighted by atomic mass is 9.46. The van der Waals surface area contributed by atoms with Crippen LogP contribution in [0.15, 0.2) is 60.7 Å². The fraction of sp³-hybridized carbons (Fsp3) is 0.400. The minimum atomic E-state index is -1.56. The minimum absolute atomic E-state index is 0.0976. The fourth-order valence-electron chi connectivity index (χ4n) is 3.07. The van der Waals surface area contributed by atoms with Crippen molar-refractivity contribution in [2.75, 3.05) is 13.1 Å². The first-order chi connectivity index (χ1) is 11.6. The standard InChI is InChI=1S/C16H18BO2.C4H11N/c1-13-14(2)19-17(18-13,15-9-5-3-6-10-15)16-11-7-4-8-12-16;1-3-5-4-2/h3-14H,1-2H3;5H,3-4H2,1-2H3/q-1;/p+1. The van der Waals surface area contributed by atoms with Gasteiger partial charge in [0.05, 0.1) is 13.1 Å². The minimum Gasteiger partial charge on any atom is -0.557 e. The van der Waals surface area contributed by atoms with Gasteiger partial charge in [0.1, 0.15) is 0 Å². The van der Waals surface area contributed by atoms with E-state index in [-0.39, 0.29) is 12.2 Å². The molecule has 1 aliphatic rings. The molecule has 0 radical (unpaired) electrons. The Kier molecular flexibility index (Phi) is 7.04. The average Bonchev–Trinajstić information content (AvgIpc) is 2.94. The van der Waals surface area contributed by atoms with E-state index >= 15 is 0 Å². The van der Waals surface area contributed by atoms with Crippen molar-refractivity contribution in [2.24, 2.45) is 0 Å². The number of hydrogen-bond donors (Lipinski definition) is 1. The van der Waals surface area contributed by atoms with Gasteiger partial charge in [-0.15, -0.1) is 10.9 Å². The quantitative estimate of drug-likeness (QED) is 0.867. The smallest absolute Gasteiger partial charge is 0.299 e. The van der Waals surface area contributed by atoms with Crippen molar-refractivity contribution in [3.63, 3.8) is 0 Å². The summed E-state index contributed by atoms with van der Waals surface area (Å²) in [6, 6.07) is 20.5. The predicted molar refractivity (Wildman–Crippen MR) is 102 cm³/mol. The molecule has 3 nitrogen and oxygen atoms in total. The van der Waals surface area contributed by atoms with E-state index in [2.05, 4.69) is 57.3 Å². The van der Waals surface area contributed by atoms with Gasteiger partial charge >= 0.3 is 0 Å². The van der Waals surface area contributed by atoms with Crippen LogP contribution in [0.4, 0.5) is 0 Å². The molecule has 1 fully saturated rings. The van der Waals surface area contributed by atoms with Gasteiger partial charge < -0.3 is 14.6 Å². The molecule has 0 aromatic heterocycles. The summed E-state index contributed by atoms with van der Waals surface area (Å²) < 4.78 is 12.5. The average molecular weight is 327 g/mol. The number of nitrogens with two attached hydrogens (primary N) is 1. The number of rotatable bonds is 4. The van der Waals surface area contributed by atoms with Crippen molar-refractivity contribution >= 4 is 17.5 Å². The molecule has 1 heterocycles. The molecule has 130 valence electrons. The summed E-state index contributed by atoms with van der Waals surface area (Å²) in [5, 5.41) is 2.25. The Hall–Kier alpha value is -1.62. The zero-order valence-corrected chi connectivity index (χ0v) is 15.3. The lowest BCUT2D eigenvalue weighted by molar-refractivity contribution is -0.648. The zero-order chi connectivity index (χ0) is 17.4. The molecule has 2 aromatic carbocycles. The highest BCUT2D eigenvalue weighted by Crippen LogP contribution is 2.24. The topological polar surface area (TPSA) is 35.1 Å². The first-order valence-electron chi connectivity index (χ1n) is 9.06. The van der Waals surface area contributed by atoms with Crippen LogP contribution < -0.4 is 16.2 Å². The van der Waals surface area contributed by atoms with Gasteiger partial charge in [-0.25, -0.2) is 0 Å². The van der Waals surface area contributed by atoms with E-state index in [1.807, 2.05) is 36.4 Å². The van der Waals surface area contributed by atoms with Crippen LogP contribution in [-0.2, 0) is 9.31 Å². The molecule has 2 aromatic rings. The molecule has 0 spiro atoms. The first-order valence-corrected chi connectivity index (χ1v) is 9.06. The fourth-order valence-corrected chi connectivity index (χ4v) is 3.07. The van der Waals surface area contributed by atoms with Crippen LogP contribution in [0.3, 0.4) is 0 Å². The second-order valence-corrected chi connectivity index (χ2v) is 6.32. The zero-order valence-electron chi connectivity index (χ0n) is 15.3. The summed E-state index contributed by atoms with van der Waals surface area (Å²) in [5.74, 6) is 0. The van der Waals surface area contributed by atoms with E-state index in [1.165, 1.54) is 13.1 Å². The van der Waals surface area contributed by atoms with Crippen LogP contribution in [0.5, 0.6) is 0 Å². The normalized spacial score (nSPS) is 21.8. The maximum atomic E-state index is 6.27. The maximum Gasteiger partial charge on any atom is 0.299 e. The van der Waals surface area contributed by atoms with Gasteiger partial charge in [0.2, 0.25) is 0 Å². The van der Waals surface area contributed by atoms with E-state index in [0.717, 1.165) is 10.9 Å². The van der Waals surface area contributed by atoms with Gasteiger partial charge in [0.25, 0.3) is 6.55 Å². The molecule has 2 unspecified atom stereocenters. The van der Waals surface area contributed by atoms with Gasteiger partial charge in [0.15, 0.2) is 0 Å². The molecule has 0 amide bonds. The molecule has 24 heavy (non-hydrogen) atoms. The third-order valence-electron chi connectivity index (χ3n) is 4.53. The maximum absolute atomic E-state index is 6.27. The second-order valence-electron chi connectivity index (χ2n) is 6.32. The molecule has 0 bridgehead atoms. The van der Waals surface area contributed by atoms with Crippen molar-refractivity contribution < 1.29 is 14.6 Å². The highest BCUT2D eigenvalue weighted by atomic mass is 16.7. The molecule has 3 rings (SSSR count). The van der Waals surface area contributed by atoms with Crippen LogP contribution in [0.1, 0.15) is 27.7 Å². The van der Waals surface area contributed by atoms with Crippen molar-refractivity contribution in [3.05, 3.63) is 60.7 Å². The van der Waals surface area contributed by atoms with Crippen molar-refractivity contribution in [1.82, 2.24) is 0 Å². The highest BCUT2D eigenvalue weighted by Gasteiger charge is 2.40. The summed E-state index contributed by atoms with van der Waals surface area (Å²) in [6.45, 7) is 9.33. The van der Waals surface area contributed by atoms with E-state index in [4.69, 9.17) is 9.31 Å². The van der Waals surface area contributed by atoms with Gasteiger partial charge in [-0.05, 0) is 27.7 Å². The van der Waals surface area contributed by atoms with Crippen LogP contribution in [0, 0.1) is 0 Å². The lowest BCUT2D eigenvalue weighted by Crippen LogP contribution is -2.82. The largest absolute Gasteiger partial charge is 0.557 e. The number of benzene rings is 2.